The summed E-state index contributed by atoms with van der Waals surface area (Å²) in [6, 6.07) is 5.36. The van der Waals surface area contributed by atoms with Crippen molar-refractivity contribution in [3.63, 3.8) is 0 Å². The van der Waals surface area contributed by atoms with Crippen molar-refractivity contribution in [3.05, 3.63) is 47.2 Å². The zero-order valence-electron chi connectivity index (χ0n) is 13.3. The first-order chi connectivity index (χ1) is 11.8. The maximum absolute atomic E-state index is 12.6. The summed E-state index contributed by atoms with van der Waals surface area (Å²) in [5.41, 5.74) is 2.49. The van der Waals surface area contributed by atoms with E-state index in [2.05, 4.69) is 20.4 Å². The van der Waals surface area contributed by atoms with Gasteiger partial charge in [-0.1, -0.05) is 6.07 Å². The predicted molar refractivity (Wildman–Crippen MR) is 87.3 cm³/mol. The lowest BCUT2D eigenvalue weighted by molar-refractivity contribution is -0.116. The molecule has 0 aromatic carbocycles. The van der Waals surface area contributed by atoms with Gasteiger partial charge in [0.05, 0.1) is 5.69 Å². The van der Waals surface area contributed by atoms with Crippen LogP contribution in [0.3, 0.4) is 0 Å². The topological polar surface area (TPSA) is 92.9 Å². The number of fused-ring (bicyclic) bond motifs is 1. The number of aromatic nitrogens is 4. The van der Waals surface area contributed by atoms with Gasteiger partial charge in [0.2, 0.25) is 5.95 Å². The second-order valence-electron chi connectivity index (χ2n) is 6.07. The zero-order chi connectivity index (χ0) is 16.5. The molecule has 2 aromatic heterocycles. The second-order valence-corrected chi connectivity index (χ2v) is 6.07. The van der Waals surface area contributed by atoms with Crippen LogP contribution < -0.4 is 5.32 Å². The van der Waals surface area contributed by atoms with Crippen molar-refractivity contribution >= 4 is 11.7 Å². The molecule has 1 unspecified atom stereocenters. The van der Waals surface area contributed by atoms with E-state index in [9.17, 15) is 4.79 Å². The Balaban J connectivity index is 1.82. The molecule has 7 nitrogen and oxygen atoms in total. The minimum atomic E-state index is -0.333. The zero-order valence-corrected chi connectivity index (χ0v) is 13.3. The van der Waals surface area contributed by atoms with Gasteiger partial charge in [-0.05, 0) is 31.4 Å². The molecule has 2 N–H and O–H groups in total. The normalized spacial score (nSPS) is 19.7. The van der Waals surface area contributed by atoms with Gasteiger partial charge in [-0.3, -0.25) is 9.78 Å². The Morgan fingerprint density at radius 1 is 1.33 bits per heavy atom. The van der Waals surface area contributed by atoms with Crippen molar-refractivity contribution in [3.8, 4) is 0 Å². The number of ketones is 1. The molecule has 0 bridgehead atoms. The standard InChI is InChI=1S/C17H19N5O2/c23-10-4-8-14-20-17-19-11-6-3-7-13(24)15(11)16(22(17)21-14)12-5-1-2-9-18-12/h1-2,5,9,16,23H,3-4,6-8,10H2,(H,19,20,21). The average Bonchev–Trinajstić information content (AvgIpc) is 3.01. The number of pyridine rings is 1. The number of carbonyl (C=O) groups is 1. The SMILES string of the molecule is O=C1CCCC2=C1C(c1ccccn1)n1nc(CCCO)nc1N2. The van der Waals surface area contributed by atoms with Crippen molar-refractivity contribution in [2.24, 2.45) is 0 Å². The molecule has 0 saturated heterocycles. The lowest BCUT2D eigenvalue weighted by Gasteiger charge is -2.31. The molecule has 2 aliphatic rings. The summed E-state index contributed by atoms with van der Waals surface area (Å²) in [7, 11) is 0. The molecule has 0 saturated carbocycles. The van der Waals surface area contributed by atoms with Crippen molar-refractivity contribution in [2.45, 2.75) is 38.1 Å². The highest BCUT2D eigenvalue weighted by Gasteiger charge is 2.37. The number of allylic oxidation sites excluding steroid dienone is 2. The molecular formula is C17H19N5O2. The van der Waals surface area contributed by atoms with Gasteiger partial charge >= 0.3 is 0 Å². The van der Waals surface area contributed by atoms with Crippen LogP contribution in [0.4, 0.5) is 5.95 Å². The monoisotopic (exact) mass is 325 g/mol. The Hall–Kier alpha value is -2.54. The number of anilines is 1. The van der Waals surface area contributed by atoms with Crippen LogP contribution >= 0.6 is 0 Å². The third-order valence-corrected chi connectivity index (χ3v) is 4.44. The Bertz CT molecular complexity index is 797. The molecular weight excluding hydrogens is 306 g/mol. The number of hydrogen-bond acceptors (Lipinski definition) is 6. The van der Waals surface area contributed by atoms with Crippen LogP contribution in [0.1, 0.15) is 43.2 Å². The fourth-order valence-corrected chi connectivity index (χ4v) is 3.35. The first-order valence-electron chi connectivity index (χ1n) is 8.28. The molecule has 1 atom stereocenters. The number of aliphatic hydroxyl groups is 1. The van der Waals surface area contributed by atoms with Gasteiger partial charge in [-0.15, -0.1) is 0 Å². The molecule has 4 rings (SSSR count). The average molecular weight is 325 g/mol. The highest BCUT2D eigenvalue weighted by atomic mass is 16.2. The molecule has 0 spiro atoms. The number of nitrogens with one attached hydrogen (secondary N) is 1. The van der Waals surface area contributed by atoms with Crippen LogP contribution in [0.2, 0.25) is 0 Å². The molecule has 7 heteroatoms. The van der Waals surface area contributed by atoms with Crippen molar-refractivity contribution in [1.82, 2.24) is 19.7 Å². The van der Waals surface area contributed by atoms with Crippen molar-refractivity contribution < 1.29 is 9.90 Å². The van der Waals surface area contributed by atoms with Crippen molar-refractivity contribution in [2.75, 3.05) is 11.9 Å². The van der Waals surface area contributed by atoms with Gasteiger partial charge in [-0.25, -0.2) is 4.68 Å². The predicted octanol–water partition coefficient (Wildman–Crippen LogP) is 1.62. The van der Waals surface area contributed by atoms with Crippen LogP contribution in [-0.4, -0.2) is 37.2 Å². The summed E-state index contributed by atoms with van der Waals surface area (Å²) in [6.07, 6.45) is 5.20. The lowest BCUT2D eigenvalue weighted by atomic mass is 9.87. The van der Waals surface area contributed by atoms with Crippen LogP contribution in [-0.2, 0) is 11.2 Å². The van der Waals surface area contributed by atoms with Gasteiger partial charge in [0.25, 0.3) is 0 Å². The van der Waals surface area contributed by atoms with E-state index < -0.39 is 0 Å². The summed E-state index contributed by atoms with van der Waals surface area (Å²) in [4.78, 5) is 21.6. The summed E-state index contributed by atoms with van der Waals surface area (Å²) in [5, 5.41) is 16.9. The van der Waals surface area contributed by atoms with E-state index in [0.29, 0.717) is 31.0 Å². The number of carbonyl (C=O) groups excluding carboxylic acids is 1. The maximum Gasteiger partial charge on any atom is 0.226 e. The summed E-state index contributed by atoms with van der Waals surface area (Å²) in [6.45, 7) is 0.105. The third kappa shape index (κ3) is 2.50. The molecule has 1 aliphatic heterocycles. The first-order valence-corrected chi connectivity index (χ1v) is 8.28. The Morgan fingerprint density at radius 2 is 2.25 bits per heavy atom. The number of aryl methyl sites for hydroxylation is 1. The number of nitrogens with zero attached hydrogens (tertiary/aromatic N) is 4. The highest BCUT2D eigenvalue weighted by Crippen LogP contribution is 2.39. The quantitative estimate of drug-likeness (QED) is 0.887. The molecule has 1 aliphatic carbocycles. The number of rotatable bonds is 4. The minimum absolute atomic E-state index is 0.105. The molecule has 0 fully saturated rings. The van der Waals surface area contributed by atoms with E-state index >= 15 is 0 Å². The largest absolute Gasteiger partial charge is 0.396 e. The van der Waals surface area contributed by atoms with E-state index in [1.807, 2.05) is 18.2 Å². The third-order valence-electron chi connectivity index (χ3n) is 4.44. The molecule has 24 heavy (non-hydrogen) atoms. The van der Waals surface area contributed by atoms with E-state index in [0.717, 1.165) is 29.8 Å². The summed E-state index contributed by atoms with van der Waals surface area (Å²) < 4.78 is 1.76. The van der Waals surface area contributed by atoms with E-state index in [-0.39, 0.29) is 18.4 Å². The van der Waals surface area contributed by atoms with E-state index in [4.69, 9.17) is 5.11 Å². The van der Waals surface area contributed by atoms with E-state index in [1.54, 1.807) is 10.9 Å². The fourth-order valence-electron chi connectivity index (χ4n) is 3.35. The van der Waals surface area contributed by atoms with Crippen LogP contribution in [0.5, 0.6) is 0 Å². The van der Waals surface area contributed by atoms with Gasteiger partial charge in [-0.2, -0.15) is 10.1 Å². The maximum atomic E-state index is 12.6. The number of Topliss-reactive ketones (excluding diaryl/α,β-unsaturated/α-hetero) is 1. The van der Waals surface area contributed by atoms with Gasteiger partial charge in [0, 0.05) is 36.9 Å². The molecule has 0 radical (unpaired) electrons. The smallest absolute Gasteiger partial charge is 0.226 e. The van der Waals surface area contributed by atoms with Gasteiger partial charge < -0.3 is 10.4 Å². The van der Waals surface area contributed by atoms with Crippen molar-refractivity contribution in [1.29, 1.82) is 0 Å². The summed E-state index contributed by atoms with van der Waals surface area (Å²) in [5.74, 6) is 1.46. The number of hydrogen-bond donors (Lipinski definition) is 2. The Morgan fingerprint density at radius 3 is 3.04 bits per heavy atom. The second kappa shape index (κ2) is 6.16. The first kappa shape index (κ1) is 15.0. The number of aliphatic hydroxyl groups excluding tert-OH is 1. The molecule has 124 valence electrons. The van der Waals surface area contributed by atoms with Gasteiger partial charge in [0.1, 0.15) is 6.04 Å². The minimum Gasteiger partial charge on any atom is -0.396 e. The van der Waals surface area contributed by atoms with Crippen LogP contribution in [0, 0.1) is 0 Å². The van der Waals surface area contributed by atoms with Crippen LogP contribution in [0.25, 0.3) is 0 Å². The Labute approximate surface area is 139 Å². The van der Waals surface area contributed by atoms with E-state index in [1.165, 1.54) is 0 Å². The van der Waals surface area contributed by atoms with Gasteiger partial charge in [0.15, 0.2) is 11.6 Å². The summed E-state index contributed by atoms with van der Waals surface area (Å²) >= 11 is 0. The molecule has 0 amide bonds. The highest BCUT2D eigenvalue weighted by molar-refractivity contribution is 5.99. The fraction of sp³-hybridized carbons (Fsp3) is 0.412. The van der Waals surface area contributed by atoms with Crippen LogP contribution in [0.15, 0.2) is 35.7 Å². The molecule has 3 heterocycles. The Kier molecular flexibility index (Phi) is 3.86. The lowest BCUT2D eigenvalue weighted by Crippen LogP contribution is -2.32. The molecule has 2 aromatic rings.